The number of hydrogen-bond acceptors (Lipinski definition) is 7. The summed E-state index contributed by atoms with van der Waals surface area (Å²) in [6.45, 7) is 3.68. The van der Waals surface area contributed by atoms with Gasteiger partial charge in [-0.15, -0.1) is 0 Å². The molecule has 0 saturated heterocycles. The van der Waals surface area contributed by atoms with Gasteiger partial charge in [0.05, 0.1) is 17.4 Å². The number of primary amides is 1. The molecule has 2 rings (SSSR count). The van der Waals surface area contributed by atoms with Gasteiger partial charge in [0.1, 0.15) is 5.82 Å². The Morgan fingerprint density at radius 1 is 1.22 bits per heavy atom. The smallest absolute Gasteiger partial charge is 0.252 e. The Labute approximate surface area is 155 Å². The fourth-order valence-corrected chi connectivity index (χ4v) is 2.48. The summed E-state index contributed by atoms with van der Waals surface area (Å²) in [6, 6.07) is 1.65. The summed E-state index contributed by atoms with van der Waals surface area (Å²) in [4.78, 5) is 19.7. The highest BCUT2D eigenvalue weighted by atomic mass is 19.1. The van der Waals surface area contributed by atoms with E-state index in [0.717, 1.165) is 6.07 Å². The molecule has 2 aromatic rings. The van der Waals surface area contributed by atoms with Gasteiger partial charge < -0.3 is 27.4 Å². The van der Waals surface area contributed by atoms with Crippen LogP contribution in [-0.4, -0.2) is 35.0 Å². The number of anilines is 4. The fraction of sp³-hybridized carbons (Fsp3) is 0.353. The maximum Gasteiger partial charge on any atom is 0.252 e. The normalized spacial score (nSPS) is 13.0. The largest absolute Gasteiger partial charge is 0.371 e. The lowest BCUT2D eigenvalue weighted by atomic mass is 10.1. The molecule has 0 spiro atoms. The summed E-state index contributed by atoms with van der Waals surface area (Å²) >= 11 is 0. The molecule has 0 aliphatic rings. The number of amides is 1. The summed E-state index contributed by atoms with van der Waals surface area (Å²) in [5, 5.41) is 8.27. The number of hydrogen-bond donors (Lipinski definition) is 5. The van der Waals surface area contributed by atoms with Crippen molar-refractivity contribution < 1.29 is 13.6 Å². The highest BCUT2D eigenvalue weighted by molar-refractivity contribution is 5.98. The van der Waals surface area contributed by atoms with Crippen LogP contribution in [-0.2, 0) is 0 Å². The average Bonchev–Trinajstić information content (AvgIpc) is 2.61. The van der Waals surface area contributed by atoms with Crippen molar-refractivity contribution in [3.8, 4) is 0 Å². The predicted octanol–water partition coefficient (Wildman–Crippen LogP) is 2.18. The van der Waals surface area contributed by atoms with Gasteiger partial charge in [0.2, 0.25) is 0 Å². The van der Waals surface area contributed by atoms with Crippen molar-refractivity contribution in [2.75, 3.05) is 23.0 Å². The standard InChI is InChI=1S/C17H23F2N7O/c1-4-13(8(2)20)25-17-12(19)6-10(14(21)27)15(26-17)24-9-5-11(18)16(22-3)23-7-9/h5-8,13H,4,20H2,1-3H3,(H2,21,27)(H,22,23)(H2,24,25,26)/t8-,13+/m0/s1. The van der Waals surface area contributed by atoms with Crippen molar-refractivity contribution in [2.45, 2.75) is 32.4 Å². The predicted molar refractivity (Wildman–Crippen MR) is 101 cm³/mol. The SMILES string of the molecule is CC[C@@H](Nc1nc(Nc2cnc(NC)c(F)c2)c(C(N)=O)cc1F)[C@H](C)N. The fourth-order valence-electron chi connectivity index (χ4n) is 2.48. The molecular weight excluding hydrogens is 356 g/mol. The highest BCUT2D eigenvalue weighted by Gasteiger charge is 2.20. The van der Waals surface area contributed by atoms with E-state index in [-0.39, 0.29) is 40.8 Å². The molecule has 8 nitrogen and oxygen atoms in total. The molecule has 0 bridgehead atoms. The minimum Gasteiger partial charge on any atom is -0.371 e. The first-order valence-electron chi connectivity index (χ1n) is 8.39. The van der Waals surface area contributed by atoms with Crippen LogP contribution in [0.2, 0.25) is 0 Å². The van der Waals surface area contributed by atoms with E-state index in [4.69, 9.17) is 11.5 Å². The molecule has 7 N–H and O–H groups in total. The number of nitrogens with zero attached hydrogens (tertiary/aromatic N) is 2. The zero-order chi connectivity index (χ0) is 20.1. The van der Waals surface area contributed by atoms with E-state index in [1.54, 1.807) is 6.92 Å². The van der Waals surface area contributed by atoms with E-state index in [1.807, 2.05) is 6.92 Å². The van der Waals surface area contributed by atoms with Gasteiger partial charge in [-0.25, -0.2) is 18.7 Å². The second-order valence-corrected chi connectivity index (χ2v) is 6.03. The van der Waals surface area contributed by atoms with E-state index in [2.05, 4.69) is 25.9 Å². The Balaban J connectivity index is 2.42. The molecule has 2 heterocycles. The molecule has 0 radical (unpaired) electrons. The van der Waals surface area contributed by atoms with Gasteiger partial charge in [0.15, 0.2) is 23.3 Å². The van der Waals surface area contributed by atoms with Crippen molar-refractivity contribution in [1.82, 2.24) is 9.97 Å². The van der Waals surface area contributed by atoms with Crippen LogP contribution in [0.3, 0.4) is 0 Å². The van der Waals surface area contributed by atoms with Crippen molar-refractivity contribution in [3.05, 3.63) is 35.5 Å². The highest BCUT2D eigenvalue weighted by Crippen LogP contribution is 2.25. The van der Waals surface area contributed by atoms with Gasteiger partial charge in [0, 0.05) is 25.2 Å². The van der Waals surface area contributed by atoms with Crippen LogP contribution in [0.4, 0.5) is 31.9 Å². The molecule has 2 atom stereocenters. The number of carbonyl (C=O) groups is 1. The molecule has 146 valence electrons. The number of halogens is 2. The van der Waals surface area contributed by atoms with Gasteiger partial charge in [-0.3, -0.25) is 4.79 Å². The Morgan fingerprint density at radius 3 is 2.41 bits per heavy atom. The maximum atomic E-state index is 14.4. The zero-order valence-electron chi connectivity index (χ0n) is 15.3. The van der Waals surface area contributed by atoms with E-state index in [0.29, 0.717) is 6.42 Å². The van der Waals surface area contributed by atoms with Crippen LogP contribution >= 0.6 is 0 Å². The lowest BCUT2D eigenvalue weighted by Gasteiger charge is -2.22. The van der Waals surface area contributed by atoms with Gasteiger partial charge in [-0.1, -0.05) is 6.92 Å². The molecule has 27 heavy (non-hydrogen) atoms. The minimum atomic E-state index is -0.880. The quantitative estimate of drug-likeness (QED) is 0.475. The van der Waals surface area contributed by atoms with Crippen LogP contribution in [0.25, 0.3) is 0 Å². The summed E-state index contributed by atoms with van der Waals surface area (Å²) in [6.07, 6.45) is 1.98. The molecule has 0 aliphatic heterocycles. The number of pyridine rings is 2. The maximum absolute atomic E-state index is 14.4. The van der Waals surface area contributed by atoms with Crippen molar-refractivity contribution >= 4 is 29.0 Å². The Bertz CT molecular complexity index is 829. The summed E-state index contributed by atoms with van der Waals surface area (Å²) in [5.74, 6) is -2.28. The first-order valence-corrected chi connectivity index (χ1v) is 8.39. The van der Waals surface area contributed by atoms with E-state index < -0.39 is 17.5 Å². The van der Waals surface area contributed by atoms with Gasteiger partial charge in [-0.05, 0) is 19.4 Å². The Morgan fingerprint density at radius 2 is 1.89 bits per heavy atom. The molecule has 0 fully saturated rings. The van der Waals surface area contributed by atoms with E-state index >= 15 is 0 Å². The molecular formula is C17H23F2N7O. The first kappa shape index (κ1) is 20.3. The van der Waals surface area contributed by atoms with Gasteiger partial charge in [-0.2, -0.15) is 0 Å². The Kier molecular flexibility index (Phi) is 6.45. The number of nitrogens with one attached hydrogen (secondary N) is 3. The summed E-state index contributed by atoms with van der Waals surface area (Å²) in [5.41, 5.74) is 11.2. The number of nitrogens with two attached hydrogens (primary N) is 2. The van der Waals surface area contributed by atoms with Crippen LogP contribution < -0.4 is 27.4 Å². The monoisotopic (exact) mass is 379 g/mol. The number of carbonyl (C=O) groups excluding carboxylic acids is 1. The van der Waals surface area contributed by atoms with Gasteiger partial charge in [0.25, 0.3) is 5.91 Å². The summed E-state index contributed by atoms with van der Waals surface area (Å²) in [7, 11) is 1.53. The van der Waals surface area contributed by atoms with Crippen LogP contribution in [0.5, 0.6) is 0 Å². The lowest BCUT2D eigenvalue weighted by molar-refractivity contribution is 0.100. The Hall–Kier alpha value is -3.01. The molecule has 0 aromatic carbocycles. The molecule has 0 saturated carbocycles. The van der Waals surface area contributed by atoms with Gasteiger partial charge >= 0.3 is 0 Å². The molecule has 1 amide bonds. The molecule has 0 unspecified atom stereocenters. The van der Waals surface area contributed by atoms with Crippen LogP contribution in [0, 0.1) is 11.6 Å². The molecule has 0 aliphatic carbocycles. The second kappa shape index (κ2) is 8.58. The minimum absolute atomic E-state index is 0.0238. The van der Waals surface area contributed by atoms with E-state index in [9.17, 15) is 13.6 Å². The van der Waals surface area contributed by atoms with Crippen LogP contribution in [0.15, 0.2) is 18.3 Å². The third-order valence-corrected chi connectivity index (χ3v) is 3.98. The van der Waals surface area contributed by atoms with Crippen molar-refractivity contribution in [3.63, 3.8) is 0 Å². The van der Waals surface area contributed by atoms with Crippen LogP contribution in [0.1, 0.15) is 30.6 Å². The number of rotatable bonds is 8. The van der Waals surface area contributed by atoms with E-state index in [1.165, 1.54) is 19.3 Å². The third-order valence-electron chi connectivity index (χ3n) is 3.98. The average molecular weight is 379 g/mol. The molecule has 10 heteroatoms. The third kappa shape index (κ3) is 4.79. The first-order chi connectivity index (χ1) is 12.8. The number of aromatic nitrogens is 2. The van der Waals surface area contributed by atoms with Crippen molar-refractivity contribution in [1.29, 1.82) is 0 Å². The second-order valence-electron chi connectivity index (χ2n) is 6.03. The zero-order valence-corrected chi connectivity index (χ0v) is 15.3. The lowest BCUT2D eigenvalue weighted by Crippen LogP contribution is -2.38. The topological polar surface area (TPSA) is 131 Å². The summed E-state index contributed by atoms with van der Waals surface area (Å²) < 4.78 is 28.3. The molecule has 2 aromatic heterocycles. The van der Waals surface area contributed by atoms with Crippen molar-refractivity contribution in [2.24, 2.45) is 11.5 Å².